The quantitative estimate of drug-likeness (QED) is 0.800. The maximum Gasteiger partial charge on any atom is 0.342 e. The van der Waals surface area contributed by atoms with E-state index in [1.165, 1.54) is 12.1 Å². The maximum atomic E-state index is 11.7. The summed E-state index contributed by atoms with van der Waals surface area (Å²) in [6.07, 6.45) is 1.41. The molecule has 0 bridgehead atoms. The van der Waals surface area contributed by atoms with E-state index in [4.69, 9.17) is 9.84 Å². The summed E-state index contributed by atoms with van der Waals surface area (Å²) >= 11 is 0. The number of rotatable bonds is 4. The van der Waals surface area contributed by atoms with Gasteiger partial charge >= 0.3 is 11.9 Å². The van der Waals surface area contributed by atoms with E-state index >= 15 is 0 Å². The third kappa shape index (κ3) is 2.34. The summed E-state index contributed by atoms with van der Waals surface area (Å²) in [4.78, 5) is 22.9. The number of hydrogen-bond donors (Lipinski definition) is 2. The Labute approximate surface area is 104 Å². The highest BCUT2D eigenvalue weighted by molar-refractivity contribution is 6.06. The minimum Gasteiger partial charge on any atom is -0.507 e. The van der Waals surface area contributed by atoms with Crippen molar-refractivity contribution in [3.8, 4) is 5.75 Å². The Kier molecular flexibility index (Phi) is 4.09. The number of phenolic OH excluding ortho intramolecular Hbond substituents is 1. The van der Waals surface area contributed by atoms with Crippen molar-refractivity contribution in [2.75, 3.05) is 6.61 Å². The summed E-state index contributed by atoms with van der Waals surface area (Å²) in [5.74, 6) is -2.58. The van der Waals surface area contributed by atoms with Gasteiger partial charge in [-0.3, -0.25) is 0 Å². The second-order valence-electron chi connectivity index (χ2n) is 3.59. The van der Waals surface area contributed by atoms with Crippen LogP contribution in [0.4, 0.5) is 0 Å². The summed E-state index contributed by atoms with van der Waals surface area (Å²) in [6.45, 7) is 6.76. The molecule has 1 aromatic rings. The van der Waals surface area contributed by atoms with Crippen LogP contribution in [0.5, 0.6) is 5.75 Å². The van der Waals surface area contributed by atoms with Gasteiger partial charge in [-0.05, 0) is 31.0 Å². The summed E-state index contributed by atoms with van der Waals surface area (Å²) in [5, 5.41) is 18.9. The number of esters is 1. The zero-order valence-corrected chi connectivity index (χ0v) is 10.2. The van der Waals surface area contributed by atoms with Crippen molar-refractivity contribution in [1.82, 2.24) is 0 Å². The molecule has 0 aliphatic rings. The number of ether oxygens (including phenoxy) is 1. The van der Waals surface area contributed by atoms with E-state index in [2.05, 4.69) is 6.58 Å². The summed E-state index contributed by atoms with van der Waals surface area (Å²) in [5.41, 5.74) is 0.229. The fraction of sp³-hybridized carbons (Fsp3) is 0.231. The Morgan fingerprint density at radius 3 is 2.50 bits per heavy atom. The van der Waals surface area contributed by atoms with Crippen molar-refractivity contribution >= 4 is 18.0 Å². The number of carbonyl (C=O) groups is 2. The smallest absolute Gasteiger partial charge is 0.342 e. The minimum absolute atomic E-state index is 0.0968. The zero-order valence-electron chi connectivity index (χ0n) is 10.2. The van der Waals surface area contributed by atoms with Gasteiger partial charge in [0.1, 0.15) is 11.3 Å². The van der Waals surface area contributed by atoms with Crippen molar-refractivity contribution in [2.45, 2.75) is 13.8 Å². The number of phenols is 1. The van der Waals surface area contributed by atoms with Crippen LogP contribution in [0, 0.1) is 6.92 Å². The molecule has 2 N–H and O–H groups in total. The van der Waals surface area contributed by atoms with E-state index in [1.807, 2.05) is 0 Å². The highest BCUT2D eigenvalue weighted by Gasteiger charge is 2.25. The van der Waals surface area contributed by atoms with Crippen molar-refractivity contribution in [3.05, 3.63) is 34.9 Å². The zero-order chi connectivity index (χ0) is 13.9. The van der Waals surface area contributed by atoms with Gasteiger partial charge in [0, 0.05) is 0 Å². The summed E-state index contributed by atoms with van der Waals surface area (Å²) in [6, 6.07) is 1.29. The molecule has 0 unspecified atom stereocenters. The number of hydrogen-bond acceptors (Lipinski definition) is 4. The molecule has 0 saturated carbocycles. The van der Waals surface area contributed by atoms with Gasteiger partial charge < -0.3 is 14.9 Å². The number of aromatic hydroxyl groups is 1. The third-order valence-corrected chi connectivity index (χ3v) is 2.52. The molecule has 0 radical (unpaired) electrons. The second kappa shape index (κ2) is 5.35. The predicted octanol–water partition coefficient (Wildman–Crippen LogP) is 2.22. The largest absolute Gasteiger partial charge is 0.507 e. The van der Waals surface area contributed by atoms with E-state index in [0.29, 0.717) is 11.1 Å². The molecule has 0 aromatic heterocycles. The molecular formula is C13H14O5. The Bertz CT molecular complexity index is 517. The standard InChI is InChI=1S/C13H14O5/c1-4-8-6-9(14)11(13(17)18-5-2)10(7(8)3)12(15)16/h4,6,14H,1,5H2,2-3H3,(H,15,16). The van der Waals surface area contributed by atoms with Crippen LogP contribution >= 0.6 is 0 Å². The summed E-state index contributed by atoms with van der Waals surface area (Å²) in [7, 11) is 0. The lowest BCUT2D eigenvalue weighted by Crippen LogP contribution is -2.14. The molecule has 0 spiro atoms. The normalized spacial score (nSPS) is 9.89. The third-order valence-electron chi connectivity index (χ3n) is 2.52. The number of carbonyl (C=O) groups excluding carboxylic acids is 1. The average molecular weight is 250 g/mol. The molecule has 5 heteroatoms. The van der Waals surface area contributed by atoms with Crippen LogP contribution < -0.4 is 0 Å². The van der Waals surface area contributed by atoms with Gasteiger partial charge in [-0.1, -0.05) is 12.7 Å². The van der Waals surface area contributed by atoms with Crippen LogP contribution in [0.25, 0.3) is 6.08 Å². The van der Waals surface area contributed by atoms with Gasteiger partial charge in [0.25, 0.3) is 0 Å². The van der Waals surface area contributed by atoms with Crippen LogP contribution in [-0.4, -0.2) is 28.8 Å². The first-order chi connectivity index (χ1) is 8.43. The number of carboxylic acid groups (broad SMARTS) is 1. The van der Waals surface area contributed by atoms with Crippen LogP contribution in [0.2, 0.25) is 0 Å². The van der Waals surface area contributed by atoms with E-state index in [1.54, 1.807) is 13.8 Å². The lowest BCUT2D eigenvalue weighted by molar-refractivity contribution is 0.0510. The topological polar surface area (TPSA) is 83.8 Å². The molecule has 0 aliphatic heterocycles. The average Bonchev–Trinajstić information content (AvgIpc) is 2.30. The molecular weight excluding hydrogens is 236 g/mol. The van der Waals surface area contributed by atoms with Crippen molar-refractivity contribution in [3.63, 3.8) is 0 Å². The molecule has 0 atom stereocenters. The summed E-state index contributed by atoms with van der Waals surface area (Å²) < 4.78 is 4.74. The molecule has 0 heterocycles. The fourth-order valence-corrected chi connectivity index (χ4v) is 1.68. The lowest BCUT2D eigenvalue weighted by Gasteiger charge is -2.12. The van der Waals surface area contributed by atoms with Gasteiger partial charge in [0.15, 0.2) is 0 Å². The molecule has 0 amide bonds. The molecule has 1 rings (SSSR count). The van der Waals surface area contributed by atoms with Crippen molar-refractivity contribution in [1.29, 1.82) is 0 Å². The Balaban J connectivity index is 3.59. The Morgan fingerprint density at radius 2 is 2.06 bits per heavy atom. The molecule has 96 valence electrons. The Morgan fingerprint density at radius 1 is 1.44 bits per heavy atom. The number of carboxylic acids is 1. The molecule has 18 heavy (non-hydrogen) atoms. The van der Waals surface area contributed by atoms with Gasteiger partial charge in [0.05, 0.1) is 12.2 Å². The van der Waals surface area contributed by atoms with Gasteiger partial charge in [-0.25, -0.2) is 9.59 Å². The SMILES string of the molecule is C=Cc1cc(O)c(C(=O)OCC)c(C(=O)O)c1C. The van der Waals surface area contributed by atoms with Crippen molar-refractivity contribution in [2.24, 2.45) is 0 Å². The van der Waals surface area contributed by atoms with E-state index in [9.17, 15) is 14.7 Å². The van der Waals surface area contributed by atoms with Crippen LogP contribution in [0.15, 0.2) is 12.6 Å². The highest BCUT2D eigenvalue weighted by Crippen LogP contribution is 2.29. The first-order valence-electron chi connectivity index (χ1n) is 5.33. The van der Waals surface area contributed by atoms with Crippen LogP contribution in [-0.2, 0) is 4.74 Å². The second-order valence-corrected chi connectivity index (χ2v) is 3.59. The van der Waals surface area contributed by atoms with Gasteiger partial charge in [-0.15, -0.1) is 0 Å². The maximum absolute atomic E-state index is 11.7. The van der Waals surface area contributed by atoms with Crippen molar-refractivity contribution < 1.29 is 24.5 Å². The Hall–Kier alpha value is -2.30. The molecule has 0 saturated heterocycles. The molecule has 0 aliphatic carbocycles. The first-order valence-corrected chi connectivity index (χ1v) is 5.33. The van der Waals surface area contributed by atoms with E-state index in [0.717, 1.165) is 0 Å². The lowest BCUT2D eigenvalue weighted by atomic mass is 9.95. The van der Waals surface area contributed by atoms with E-state index < -0.39 is 17.7 Å². The number of benzene rings is 1. The van der Waals surface area contributed by atoms with E-state index in [-0.39, 0.29) is 17.7 Å². The molecule has 5 nitrogen and oxygen atoms in total. The first kappa shape index (κ1) is 13.8. The van der Waals surface area contributed by atoms with Gasteiger partial charge in [0.2, 0.25) is 0 Å². The highest BCUT2D eigenvalue weighted by atomic mass is 16.5. The molecule has 1 aromatic carbocycles. The number of aromatic carboxylic acids is 1. The van der Waals surface area contributed by atoms with Crippen LogP contribution in [0.1, 0.15) is 38.8 Å². The minimum atomic E-state index is -1.30. The van der Waals surface area contributed by atoms with Crippen LogP contribution in [0.3, 0.4) is 0 Å². The van der Waals surface area contributed by atoms with Gasteiger partial charge in [-0.2, -0.15) is 0 Å². The molecule has 0 fully saturated rings. The fourth-order valence-electron chi connectivity index (χ4n) is 1.68. The predicted molar refractivity (Wildman–Crippen MR) is 65.9 cm³/mol. The monoisotopic (exact) mass is 250 g/mol.